The van der Waals surface area contributed by atoms with Crippen molar-refractivity contribution in [2.75, 3.05) is 6.61 Å². The van der Waals surface area contributed by atoms with Crippen molar-refractivity contribution in [1.82, 2.24) is 4.57 Å². The summed E-state index contributed by atoms with van der Waals surface area (Å²) in [5.41, 5.74) is 3.52. The highest BCUT2D eigenvalue weighted by atomic mass is 127. The first-order chi connectivity index (χ1) is 23.8. The van der Waals surface area contributed by atoms with E-state index in [-0.39, 0.29) is 17.7 Å². The number of rotatable bonds is 8. The van der Waals surface area contributed by atoms with Crippen LogP contribution in [0, 0.1) is 13.0 Å². The van der Waals surface area contributed by atoms with Crippen molar-refractivity contribution < 1.29 is 18.7 Å². The van der Waals surface area contributed by atoms with Crippen LogP contribution >= 0.6 is 56.5 Å². The largest absolute Gasteiger partial charge is 0.487 e. The molecule has 6 aromatic rings. The predicted molar refractivity (Wildman–Crippen MR) is 208 cm³/mol. The summed E-state index contributed by atoms with van der Waals surface area (Å²) in [4.78, 5) is 33.2. The van der Waals surface area contributed by atoms with Crippen LogP contribution in [0.3, 0.4) is 0 Å². The lowest BCUT2D eigenvalue weighted by Crippen LogP contribution is -2.40. The normalized spacial score (nSPS) is 14.4. The van der Waals surface area contributed by atoms with E-state index in [1.54, 1.807) is 19.1 Å². The van der Waals surface area contributed by atoms with Crippen LogP contribution in [0.15, 0.2) is 125 Å². The quantitative estimate of drug-likeness (QED) is 0.115. The van der Waals surface area contributed by atoms with Gasteiger partial charge in [0.15, 0.2) is 4.80 Å². The molecule has 0 saturated carbocycles. The highest BCUT2D eigenvalue weighted by Crippen LogP contribution is 2.35. The van der Waals surface area contributed by atoms with E-state index in [0.29, 0.717) is 32.8 Å². The molecular formula is C39H27FI2N2O4S. The Morgan fingerprint density at radius 2 is 1.63 bits per heavy atom. The van der Waals surface area contributed by atoms with E-state index in [2.05, 4.69) is 69.4 Å². The van der Waals surface area contributed by atoms with E-state index < -0.39 is 17.8 Å². The number of carbonyl (C=O) groups excluding carboxylic acids is 1. The van der Waals surface area contributed by atoms with Crippen LogP contribution in [-0.2, 0) is 16.1 Å². The van der Waals surface area contributed by atoms with Gasteiger partial charge in [0.25, 0.3) is 5.56 Å². The Bertz CT molecular complexity index is 2410. The number of benzene rings is 5. The lowest BCUT2D eigenvalue weighted by atomic mass is 9.93. The standard InChI is InChI=1S/C39H27FI2N2O4S/c1-2-47-38(46)33-34(25-10-4-3-5-11-25)43-39-44(35(33)26-15-17-28(40)18-16-26)37(45)32(49-39)21-23-19-30(41)36(31(42)20-23)48-22-27-13-8-12-24-9-6-7-14-29(24)27/h3-21,35H,2,22H2,1H3/b32-21-/t35-/m0/s1. The minimum atomic E-state index is -0.877. The first-order valence-electron chi connectivity index (χ1n) is 15.4. The van der Waals surface area contributed by atoms with Gasteiger partial charge in [0.2, 0.25) is 0 Å². The Labute approximate surface area is 312 Å². The van der Waals surface area contributed by atoms with Crippen molar-refractivity contribution in [2.24, 2.45) is 4.99 Å². The van der Waals surface area contributed by atoms with Crippen LogP contribution in [0.1, 0.15) is 35.2 Å². The SMILES string of the molecule is CCOC(=O)C1=C(c2ccccc2)N=c2s/c(=C\c3cc(I)c(OCc4cccc5ccccc45)c(I)c3)c(=O)n2[C@H]1c1ccc(F)cc1. The number of aromatic nitrogens is 1. The maximum Gasteiger partial charge on any atom is 0.338 e. The van der Waals surface area contributed by atoms with Gasteiger partial charge in [-0.15, -0.1) is 0 Å². The zero-order valence-electron chi connectivity index (χ0n) is 26.0. The van der Waals surface area contributed by atoms with Gasteiger partial charge in [-0.25, -0.2) is 14.2 Å². The van der Waals surface area contributed by atoms with E-state index in [1.807, 2.05) is 66.7 Å². The fourth-order valence-electron chi connectivity index (χ4n) is 5.92. The molecule has 1 atom stereocenters. The van der Waals surface area contributed by atoms with Gasteiger partial charge >= 0.3 is 5.97 Å². The van der Waals surface area contributed by atoms with Gasteiger partial charge in [0.1, 0.15) is 18.2 Å². The van der Waals surface area contributed by atoms with Crippen LogP contribution in [-0.4, -0.2) is 17.1 Å². The number of fused-ring (bicyclic) bond motifs is 2. The summed E-state index contributed by atoms with van der Waals surface area (Å²) in [5.74, 6) is -0.234. The monoisotopic (exact) mass is 892 g/mol. The lowest BCUT2D eigenvalue weighted by Gasteiger charge is -2.25. The van der Waals surface area contributed by atoms with E-state index in [0.717, 1.165) is 34.8 Å². The van der Waals surface area contributed by atoms with Gasteiger partial charge in [-0.05, 0) is 110 Å². The number of ether oxygens (including phenoxy) is 2. The molecule has 1 aliphatic rings. The molecule has 5 aromatic carbocycles. The number of carbonyl (C=O) groups is 1. The first kappa shape index (κ1) is 33.4. The van der Waals surface area contributed by atoms with Gasteiger partial charge in [-0.2, -0.15) is 0 Å². The zero-order valence-corrected chi connectivity index (χ0v) is 31.2. The number of hydrogen-bond acceptors (Lipinski definition) is 6. The summed E-state index contributed by atoms with van der Waals surface area (Å²) in [6, 6.07) is 32.7. The van der Waals surface area contributed by atoms with Gasteiger partial charge < -0.3 is 9.47 Å². The summed E-state index contributed by atoms with van der Waals surface area (Å²) >= 11 is 5.77. The summed E-state index contributed by atoms with van der Waals surface area (Å²) in [7, 11) is 0. The van der Waals surface area contributed by atoms with Crippen LogP contribution in [0.5, 0.6) is 5.75 Å². The molecule has 0 spiro atoms. The second-order valence-electron chi connectivity index (χ2n) is 11.2. The molecule has 0 unspecified atom stereocenters. The van der Waals surface area contributed by atoms with Gasteiger partial charge in [-0.3, -0.25) is 9.36 Å². The molecule has 0 radical (unpaired) electrons. The maximum atomic E-state index is 14.2. The molecule has 0 fully saturated rings. The molecule has 49 heavy (non-hydrogen) atoms. The molecule has 1 aromatic heterocycles. The molecule has 244 valence electrons. The van der Waals surface area contributed by atoms with Crippen molar-refractivity contribution in [3.8, 4) is 5.75 Å². The average molecular weight is 893 g/mol. The molecule has 2 heterocycles. The van der Waals surface area contributed by atoms with E-state index in [9.17, 15) is 14.0 Å². The Balaban J connectivity index is 1.32. The molecule has 6 nitrogen and oxygen atoms in total. The number of esters is 1. The highest BCUT2D eigenvalue weighted by molar-refractivity contribution is 14.1. The number of thiazole rings is 1. The first-order valence-corrected chi connectivity index (χ1v) is 18.4. The number of halogens is 3. The van der Waals surface area contributed by atoms with Crippen molar-refractivity contribution in [2.45, 2.75) is 19.6 Å². The van der Waals surface area contributed by atoms with Crippen molar-refractivity contribution in [1.29, 1.82) is 0 Å². The topological polar surface area (TPSA) is 69.9 Å². The summed E-state index contributed by atoms with van der Waals surface area (Å²) in [6.07, 6.45) is 1.83. The molecular weight excluding hydrogens is 865 g/mol. The molecule has 0 amide bonds. The Morgan fingerprint density at radius 3 is 2.37 bits per heavy atom. The van der Waals surface area contributed by atoms with E-state index >= 15 is 0 Å². The molecule has 0 N–H and O–H groups in total. The average Bonchev–Trinajstić information content (AvgIpc) is 3.42. The minimum absolute atomic E-state index is 0.143. The second-order valence-corrected chi connectivity index (χ2v) is 14.6. The summed E-state index contributed by atoms with van der Waals surface area (Å²) < 4.78 is 29.7. The second kappa shape index (κ2) is 14.4. The van der Waals surface area contributed by atoms with Crippen molar-refractivity contribution >= 4 is 85.0 Å². The Kier molecular flexibility index (Phi) is 9.79. The van der Waals surface area contributed by atoms with Gasteiger partial charge in [-0.1, -0.05) is 96.3 Å². The maximum absolute atomic E-state index is 14.2. The van der Waals surface area contributed by atoms with Crippen LogP contribution in [0.2, 0.25) is 0 Å². The third-order valence-electron chi connectivity index (χ3n) is 8.13. The molecule has 0 saturated heterocycles. The number of nitrogens with zero attached hydrogens (tertiary/aromatic N) is 2. The highest BCUT2D eigenvalue weighted by Gasteiger charge is 2.35. The van der Waals surface area contributed by atoms with Crippen LogP contribution < -0.4 is 19.6 Å². The third kappa shape index (κ3) is 6.73. The molecule has 10 heteroatoms. The van der Waals surface area contributed by atoms with Crippen molar-refractivity contribution in [3.63, 3.8) is 0 Å². The minimum Gasteiger partial charge on any atom is -0.487 e. The number of hydrogen-bond donors (Lipinski definition) is 0. The smallest absolute Gasteiger partial charge is 0.338 e. The summed E-state index contributed by atoms with van der Waals surface area (Å²) in [6.45, 7) is 2.29. The third-order valence-corrected chi connectivity index (χ3v) is 10.7. The summed E-state index contributed by atoms with van der Waals surface area (Å²) in [5, 5.41) is 2.32. The molecule has 7 rings (SSSR count). The van der Waals surface area contributed by atoms with Gasteiger partial charge in [0.05, 0.1) is 35.6 Å². The van der Waals surface area contributed by atoms with E-state index in [1.165, 1.54) is 28.0 Å². The molecule has 0 aliphatic carbocycles. The fraction of sp³-hybridized carbons (Fsp3) is 0.103. The van der Waals surface area contributed by atoms with Gasteiger partial charge in [0, 0.05) is 5.56 Å². The fourth-order valence-corrected chi connectivity index (χ4v) is 9.05. The zero-order chi connectivity index (χ0) is 34.1. The van der Waals surface area contributed by atoms with E-state index in [4.69, 9.17) is 14.5 Å². The van der Waals surface area contributed by atoms with Crippen LogP contribution in [0.25, 0.3) is 22.5 Å². The Hall–Kier alpha value is -4.14. The molecule has 0 bridgehead atoms. The Morgan fingerprint density at radius 1 is 0.939 bits per heavy atom. The van der Waals surface area contributed by atoms with Crippen molar-refractivity contribution in [3.05, 3.63) is 170 Å². The molecule has 1 aliphatic heterocycles. The predicted octanol–water partition coefficient (Wildman–Crippen LogP) is 8.02. The van der Waals surface area contributed by atoms with Crippen LogP contribution in [0.4, 0.5) is 4.39 Å². The lowest BCUT2D eigenvalue weighted by molar-refractivity contribution is -0.138.